The summed E-state index contributed by atoms with van der Waals surface area (Å²) in [6.45, 7) is 2.18. The molecule has 0 N–H and O–H groups in total. The fourth-order valence-electron chi connectivity index (χ4n) is 4.70. The minimum absolute atomic E-state index is 0. The molecule has 197 valence electrons. The van der Waals surface area contributed by atoms with Crippen LogP contribution in [0.5, 0.6) is 0 Å². The minimum atomic E-state index is 0. The van der Waals surface area contributed by atoms with Gasteiger partial charge in [0.05, 0.1) is 0 Å². The second-order valence-electron chi connectivity index (χ2n) is 9.16. The van der Waals surface area contributed by atoms with Gasteiger partial charge in [0.2, 0.25) is 0 Å². The van der Waals surface area contributed by atoms with Crippen LogP contribution in [-0.2, 0) is 26.5 Å². The van der Waals surface area contributed by atoms with Crippen LogP contribution in [0.1, 0.15) is 12.5 Å². The Hall–Kier alpha value is -3.95. The second kappa shape index (κ2) is 12.9. The molecule has 0 saturated carbocycles. The Kier molecular flexibility index (Phi) is 8.93. The van der Waals surface area contributed by atoms with Crippen LogP contribution in [0.3, 0.4) is 0 Å². The third kappa shape index (κ3) is 5.95. The van der Waals surface area contributed by atoms with E-state index in [1.807, 2.05) is 72.3 Å². The number of fused-ring (bicyclic) bond motifs is 3. The first-order chi connectivity index (χ1) is 19.3. The number of rotatable bonds is 4. The predicted molar refractivity (Wildman–Crippen MR) is 165 cm³/mol. The summed E-state index contributed by atoms with van der Waals surface area (Å²) < 4.78 is 2.62. The van der Waals surface area contributed by atoms with E-state index >= 15 is 0 Å². The van der Waals surface area contributed by atoms with Gasteiger partial charge in [0.1, 0.15) is 0 Å². The average Bonchev–Trinajstić information content (AvgIpc) is 3.40. The number of aromatic nitrogens is 2. The van der Waals surface area contributed by atoms with Gasteiger partial charge in [-0.25, -0.2) is 0 Å². The number of hydrogen-bond acceptors (Lipinski definition) is 3. The van der Waals surface area contributed by atoms with Crippen LogP contribution in [-0.4, -0.2) is 9.97 Å². The molecule has 0 bridgehead atoms. The molecule has 0 aliphatic rings. The van der Waals surface area contributed by atoms with Crippen molar-refractivity contribution in [1.29, 1.82) is 0 Å². The Bertz CT molecular complexity index is 1830. The zero-order valence-electron chi connectivity index (χ0n) is 22.0. The summed E-state index contributed by atoms with van der Waals surface area (Å²) in [6, 6.07) is 45.9. The second-order valence-corrected chi connectivity index (χ2v) is 10.2. The van der Waals surface area contributed by atoms with Gasteiger partial charge in [0, 0.05) is 42.8 Å². The van der Waals surface area contributed by atoms with Gasteiger partial charge in [-0.3, -0.25) is 0 Å². The van der Waals surface area contributed by atoms with Crippen LogP contribution >= 0.6 is 11.3 Å². The Morgan fingerprint density at radius 1 is 0.675 bits per heavy atom. The van der Waals surface area contributed by atoms with Crippen molar-refractivity contribution in [2.75, 3.05) is 0 Å². The maximum atomic E-state index is 4.60. The maximum absolute atomic E-state index is 4.60. The van der Waals surface area contributed by atoms with Crippen molar-refractivity contribution >= 4 is 31.5 Å². The van der Waals surface area contributed by atoms with Gasteiger partial charge in [-0.15, -0.1) is 59.7 Å². The van der Waals surface area contributed by atoms with Gasteiger partial charge in [0.25, 0.3) is 0 Å². The van der Waals surface area contributed by atoms with E-state index in [1.54, 1.807) is 0 Å². The number of aryl methyl sites for hydroxylation is 1. The molecular formula is C36H26IrN2S-2. The molecule has 4 heteroatoms. The van der Waals surface area contributed by atoms with Crippen LogP contribution < -0.4 is 0 Å². The average molecular weight is 711 g/mol. The Morgan fingerprint density at radius 2 is 1.48 bits per heavy atom. The van der Waals surface area contributed by atoms with Crippen molar-refractivity contribution < 1.29 is 20.1 Å². The first-order valence-corrected chi connectivity index (χ1v) is 13.9. The van der Waals surface area contributed by atoms with E-state index in [0.29, 0.717) is 0 Å². The van der Waals surface area contributed by atoms with Gasteiger partial charge in [-0.1, -0.05) is 79.0 Å². The fraction of sp³-hybridized carbons (Fsp3) is 0.0556. The Labute approximate surface area is 252 Å². The largest absolute Gasteiger partial charge is 0.305 e. The summed E-state index contributed by atoms with van der Waals surface area (Å²) in [5.74, 6) is 0. The summed E-state index contributed by atoms with van der Waals surface area (Å²) in [5.41, 5.74) is 7.82. The van der Waals surface area contributed by atoms with E-state index in [4.69, 9.17) is 0 Å². The summed E-state index contributed by atoms with van der Waals surface area (Å²) in [6.07, 6.45) is 4.79. The quantitative estimate of drug-likeness (QED) is 0.170. The van der Waals surface area contributed by atoms with Crippen molar-refractivity contribution in [3.8, 4) is 33.6 Å². The van der Waals surface area contributed by atoms with E-state index in [-0.39, 0.29) is 20.1 Å². The molecule has 0 fully saturated rings. The van der Waals surface area contributed by atoms with Gasteiger partial charge in [-0.05, 0) is 51.2 Å². The van der Waals surface area contributed by atoms with Crippen LogP contribution in [0, 0.1) is 12.1 Å². The normalized spacial score (nSPS) is 10.5. The van der Waals surface area contributed by atoms with Gasteiger partial charge in [0.15, 0.2) is 0 Å². The Morgan fingerprint density at radius 3 is 2.25 bits per heavy atom. The molecule has 3 aromatic heterocycles. The molecular weight excluding hydrogens is 685 g/mol. The van der Waals surface area contributed by atoms with Crippen molar-refractivity contribution in [2.24, 2.45) is 0 Å². The molecule has 0 atom stereocenters. The number of pyridine rings is 2. The summed E-state index contributed by atoms with van der Waals surface area (Å²) >= 11 is 1.82. The van der Waals surface area contributed by atoms with E-state index < -0.39 is 0 Å². The summed E-state index contributed by atoms with van der Waals surface area (Å²) in [4.78, 5) is 8.99. The Balaban J connectivity index is 0.000000157. The standard InChI is InChI=1S/C19H16N.C17H10NS.Ir/c1-2-15-13-19(17-11-7-4-8-12-17)20-14-18(15)16-9-5-3-6-10-16;1-2-7-16-13(5-1)14-9-8-12(11-17(14)19-16)15-6-3-4-10-18-15;/h3-11,13-14H,2H2,1H3;1-7,9-11H;/q2*-1;. The molecule has 0 saturated heterocycles. The van der Waals surface area contributed by atoms with E-state index in [1.165, 1.54) is 36.9 Å². The smallest absolute Gasteiger partial charge is 0.0246 e. The molecule has 0 spiro atoms. The molecule has 0 unspecified atom stereocenters. The molecule has 0 aliphatic carbocycles. The molecule has 1 radical (unpaired) electrons. The summed E-state index contributed by atoms with van der Waals surface area (Å²) in [5, 5.41) is 2.59. The molecule has 4 aromatic carbocycles. The molecule has 2 nitrogen and oxygen atoms in total. The van der Waals surface area contributed by atoms with Crippen LogP contribution in [0.25, 0.3) is 53.8 Å². The molecule has 3 heterocycles. The zero-order chi connectivity index (χ0) is 26.4. The van der Waals surface area contributed by atoms with Gasteiger partial charge in [-0.2, -0.15) is 11.3 Å². The molecule has 0 aliphatic heterocycles. The number of hydrogen-bond donors (Lipinski definition) is 0. The van der Waals surface area contributed by atoms with Crippen LogP contribution in [0.15, 0.2) is 128 Å². The van der Waals surface area contributed by atoms with Crippen LogP contribution in [0.2, 0.25) is 0 Å². The topological polar surface area (TPSA) is 25.8 Å². The molecule has 7 rings (SSSR count). The third-order valence-electron chi connectivity index (χ3n) is 6.69. The van der Waals surface area contributed by atoms with Crippen molar-refractivity contribution in [3.05, 3.63) is 145 Å². The first kappa shape index (κ1) is 27.6. The van der Waals surface area contributed by atoms with Gasteiger partial charge < -0.3 is 9.97 Å². The van der Waals surface area contributed by atoms with E-state index in [0.717, 1.165) is 28.9 Å². The fourth-order valence-corrected chi connectivity index (χ4v) is 5.83. The SMILES string of the molecule is CCc1cc(-c2[c-]cccc2)ncc1-c1ccccc1.[Ir].[c-]1cc2c(cc1-c1ccccn1)sc1ccccc12. The maximum Gasteiger partial charge on any atom is 0.0246 e. The van der Waals surface area contributed by atoms with Crippen molar-refractivity contribution in [3.63, 3.8) is 0 Å². The van der Waals surface area contributed by atoms with E-state index in [9.17, 15) is 0 Å². The number of thiophene rings is 1. The summed E-state index contributed by atoms with van der Waals surface area (Å²) in [7, 11) is 0. The molecule has 7 aromatic rings. The first-order valence-electron chi connectivity index (χ1n) is 13.1. The zero-order valence-corrected chi connectivity index (χ0v) is 25.2. The third-order valence-corrected chi connectivity index (χ3v) is 7.82. The van der Waals surface area contributed by atoms with E-state index in [2.05, 4.69) is 95.8 Å². The van der Waals surface area contributed by atoms with Gasteiger partial charge >= 0.3 is 0 Å². The predicted octanol–water partition coefficient (Wildman–Crippen LogP) is 9.69. The van der Waals surface area contributed by atoms with Crippen molar-refractivity contribution in [2.45, 2.75) is 13.3 Å². The molecule has 40 heavy (non-hydrogen) atoms. The number of nitrogens with zero attached hydrogens (tertiary/aromatic N) is 2. The monoisotopic (exact) mass is 711 g/mol. The van der Waals surface area contributed by atoms with Crippen molar-refractivity contribution in [1.82, 2.24) is 9.97 Å². The minimum Gasteiger partial charge on any atom is -0.305 e. The number of benzene rings is 4. The molecule has 0 amide bonds. The van der Waals surface area contributed by atoms with Crippen LogP contribution in [0.4, 0.5) is 0 Å².